The maximum Gasteiger partial charge on any atom is 0.269 e. The Labute approximate surface area is 167 Å². The van der Waals surface area contributed by atoms with Crippen LogP contribution in [-0.2, 0) is 4.74 Å². The van der Waals surface area contributed by atoms with E-state index >= 15 is 0 Å². The molecule has 146 valence electrons. The van der Waals surface area contributed by atoms with E-state index in [0.29, 0.717) is 23.1 Å². The number of carbonyl (C=O) groups excluding carboxylic acids is 1. The molecule has 0 atom stereocenters. The molecule has 1 aliphatic rings. The molecule has 0 aliphatic carbocycles. The monoisotopic (exact) mass is 398 g/mol. The van der Waals surface area contributed by atoms with Crippen LogP contribution in [0.25, 0.3) is 10.2 Å². The Morgan fingerprint density at radius 1 is 1.25 bits per heavy atom. The number of hydrogen-bond donors (Lipinski definition) is 2. The highest BCUT2D eigenvalue weighted by Gasteiger charge is 2.14. The first-order valence-electron chi connectivity index (χ1n) is 9.29. The molecular weight excluding hydrogens is 376 g/mol. The van der Waals surface area contributed by atoms with Crippen LogP contribution in [0.4, 0.5) is 5.13 Å². The van der Waals surface area contributed by atoms with Crippen LogP contribution >= 0.6 is 11.3 Å². The molecule has 0 saturated carbocycles. The minimum absolute atomic E-state index is 0.247. The van der Waals surface area contributed by atoms with Gasteiger partial charge in [0.15, 0.2) is 5.13 Å². The van der Waals surface area contributed by atoms with E-state index in [1.54, 1.807) is 36.7 Å². The number of ether oxygens (including phenoxy) is 2. The second-order valence-corrected chi connectivity index (χ2v) is 7.67. The molecule has 4 rings (SSSR count). The van der Waals surface area contributed by atoms with Crippen LogP contribution in [0.5, 0.6) is 11.5 Å². The summed E-state index contributed by atoms with van der Waals surface area (Å²) in [6, 6.07) is 9.14. The molecule has 0 unspecified atom stereocenters. The third kappa shape index (κ3) is 4.40. The van der Waals surface area contributed by atoms with Gasteiger partial charge in [0.2, 0.25) is 0 Å². The van der Waals surface area contributed by atoms with E-state index in [1.807, 2.05) is 18.2 Å². The number of pyridine rings is 1. The molecule has 28 heavy (non-hydrogen) atoms. The Balaban J connectivity index is 1.45. The highest BCUT2D eigenvalue weighted by atomic mass is 32.1. The zero-order chi connectivity index (χ0) is 19.3. The average Bonchev–Trinajstić information content (AvgIpc) is 3.15. The SMILES string of the molecule is CNC(=O)c1cc(Oc2ccc3nc(NCC4CCOCC4)sc3c2)ccn1. The summed E-state index contributed by atoms with van der Waals surface area (Å²) in [6.45, 7) is 2.62. The zero-order valence-electron chi connectivity index (χ0n) is 15.6. The van der Waals surface area contributed by atoms with E-state index in [0.717, 1.165) is 47.9 Å². The first kappa shape index (κ1) is 18.6. The number of fused-ring (bicyclic) bond motifs is 1. The highest BCUT2D eigenvalue weighted by molar-refractivity contribution is 7.22. The zero-order valence-corrected chi connectivity index (χ0v) is 16.4. The normalized spacial score (nSPS) is 14.8. The van der Waals surface area contributed by atoms with Crippen LogP contribution in [0.15, 0.2) is 36.5 Å². The highest BCUT2D eigenvalue weighted by Crippen LogP contribution is 2.31. The largest absolute Gasteiger partial charge is 0.457 e. The molecule has 0 spiro atoms. The first-order chi connectivity index (χ1) is 13.7. The fourth-order valence-electron chi connectivity index (χ4n) is 3.09. The van der Waals surface area contributed by atoms with Crippen molar-refractivity contribution in [2.45, 2.75) is 12.8 Å². The first-order valence-corrected chi connectivity index (χ1v) is 10.1. The molecule has 3 heterocycles. The average molecular weight is 398 g/mol. The summed E-state index contributed by atoms with van der Waals surface area (Å²) in [4.78, 5) is 20.4. The van der Waals surface area contributed by atoms with Crippen LogP contribution < -0.4 is 15.4 Å². The Hall–Kier alpha value is -2.71. The molecule has 1 aliphatic heterocycles. The molecule has 3 aromatic rings. The van der Waals surface area contributed by atoms with Crippen molar-refractivity contribution in [1.82, 2.24) is 15.3 Å². The summed E-state index contributed by atoms with van der Waals surface area (Å²) in [7, 11) is 1.57. The maximum absolute atomic E-state index is 11.7. The van der Waals surface area contributed by atoms with Gasteiger partial charge in [-0.05, 0) is 37.0 Å². The third-order valence-corrected chi connectivity index (χ3v) is 5.65. The van der Waals surface area contributed by atoms with E-state index < -0.39 is 0 Å². The quantitative estimate of drug-likeness (QED) is 0.659. The Kier molecular flexibility index (Phi) is 5.68. The summed E-state index contributed by atoms with van der Waals surface area (Å²) < 4.78 is 12.4. The van der Waals surface area contributed by atoms with E-state index in [9.17, 15) is 4.79 Å². The Bertz CT molecular complexity index is 969. The summed E-state index contributed by atoms with van der Waals surface area (Å²) in [6.07, 6.45) is 3.75. The number of rotatable bonds is 6. The van der Waals surface area contributed by atoms with Crippen molar-refractivity contribution in [1.29, 1.82) is 0 Å². The second-order valence-electron chi connectivity index (χ2n) is 6.64. The lowest BCUT2D eigenvalue weighted by Crippen LogP contribution is -2.22. The number of nitrogens with zero attached hydrogens (tertiary/aromatic N) is 2. The van der Waals surface area contributed by atoms with Crippen molar-refractivity contribution >= 4 is 32.6 Å². The van der Waals surface area contributed by atoms with Gasteiger partial charge in [0.05, 0.1) is 10.2 Å². The number of carbonyl (C=O) groups is 1. The second kappa shape index (κ2) is 8.53. The van der Waals surface area contributed by atoms with Crippen molar-refractivity contribution in [2.24, 2.45) is 5.92 Å². The van der Waals surface area contributed by atoms with Crippen molar-refractivity contribution in [3.8, 4) is 11.5 Å². The van der Waals surface area contributed by atoms with Crippen LogP contribution in [-0.4, -0.2) is 42.7 Å². The number of aromatic nitrogens is 2. The van der Waals surface area contributed by atoms with Crippen LogP contribution in [0.3, 0.4) is 0 Å². The fraction of sp³-hybridized carbons (Fsp3) is 0.350. The number of anilines is 1. The van der Waals surface area contributed by atoms with Crippen LogP contribution in [0.1, 0.15) is 23.3 Å². The lowest BCUT2D eigenvalue weighted by atomic mass is 10.0. The maximum atomic E-state index is 11.7. The van der Waals surface area contributed by atoms with Gasteiger partial charge in [-0.1, -0.05) is 11.3 Å². The van der Waals surface area contributed by atoms with Gasteiger partial charge >= 0.3 is 0 Å². The van der Waals surface area contributed by atoms with Crippen LogP contribution in [0, 0.1) is 5.92 Å². The molecule has 8 heteroatoms. The van der Waals surface area contributed by atoms with Crippen molar-refractivity contribution in [2.75, 3.05) is 32.1 Å². The lowest BCUT2D eigenvalue weighted by Gasteiger charge is -2.21. The molecule has 0 radical (unpaired) electrons. The smallest absolute Gasteiger partial charge is 0.269 e. The molecule has 2 N–H and O–H groups in total. The Morgan fingerprint density at radius 3 is 2.89 bits per heavy atom. The number of hydrogen-bond acceptors (Lipinski definition) is 7. The van der Waals surface area contributed by atoms with Gasteiger partial charge < -0.3 is 20.1 Å². The molecular formula is C20H22N4O3S. The summed E-state index contributed by atoms with van der Waals surface area (Å²) in [5, 5.41) is 6.94. The van der Waals surface area contributed by atoms with Crippen molar-refractivity contribution < 1.29 is 14.3 Å². The van der Waals surface area contributed by atoms with E-state index in [4.69, 9.17) is 9.47 Å². The molecule has 0 bridgehead atoms. The predicted molar refractivity (Wildman–Crippen MR) is 109 cm³/mol. The van der Waals surface area contributed by atoms with Crippen LogP contribution in [0.2, 0.25) is 0 Å². The van der Waals surface area contributed by atoms with Gasteiger partial charge in [-0.2, -0.15) is 0 Å². The van der Waals surface area contributed by atoms with E-state index in [1.165, 1.54) is 0 Å². The van der Waals surface area contributed by atoms with Gasteiger partial charge in [0, 0.05) is 45.1 Å². The third-order valence-electron chi connectivity index (χ3n) is 4.67. The fourth-order valence-corrected chi connectivity index (χ4v) is 3.99. The Morgan fingerprint density at radius 2 is 2.07 bits per heavy atom. The number of benzene rings is 1. The molecule has 1 amide bonds. The predicted octanol–water partition coefficient (Wildman–Crippen LogP) is 3.68. The lowest BCUT2D eigenvalue weighted by molar-refractivity contribution is 0.0699. The minimum Gasteiger partial charge on any atom is -0.457 e. The van der Waals surface area contributed by atoms with Crippen molar-refractivity contribution in [3.05, 3.63) is 42.2 Å². The van der Waals surface area contributed by atoms with Gasteiger partial charge in [-0.3, -0.25) is 9.78 Å². The molecule has 7 nitrogen and oxygen atoms in total. The molecule has 1 saturated heterocycles. The standard InChI is InChI=1S/C20H22N4O3S/c1-21-19(25)17-10-15(4-7-22-17)27-14-2-3-16-18(11-14)28-20(24-16)23-12-13-5-8-26-9-6-13/h2-4,7,10-11,13H,5-6,8-9,12H2,1H3,(H,21,25)(H,23,24). The number of amides is 1. The van der Waals surface area contributed by atoms with Gasteiger partial charge in [0.25, 0.3) is 5.91 Å². The molecule has 1 fully saturated rings. The number of nitrogens with one attached hydrogen (secondary N) is 2. The van der Waals surface area contributed by atoms with Crippen molar-refractivity contribution in [3.63, 3.8) is 0 Å². The minimum atomic E-state index is -0.247. The van der Waals surface area contributed by atoms with Gasteiger partial charge in [-0.25, -0.2) is 4.98 Å². The summed E-state index contributed by atoms with van der Waals surface area (Å²) in [5.41, 5.74) is 1.26. The molecule has 2 aromatic heterocycles. The summed E-state index contributed by atoms with van der Waals surface area (Å²) in [5.74, 6) is 1.65. The van der Waals surface area contributed by atoms with Gasteiger partial charge in [-0.15, -0.1) is 0 Å². The topological polar surface area (TPSA) is 85.4 Å². The van der Waals surface area contributed by atoms with Gasteiger partial charge in [0.1, 0.15) is 17.2 Å². The number of thiazole rings is 1. The van der Waals surface area contributed by atoms with E-state index in [-0.39, 0.29) is 5.91 Å². The molecule has 1 aromatic carbocycles. The summed E-state index contributed by atoms with van der Waals surface area (Å²) >= 11 is 1.61. The van der Waals surface area contributed by atoms with E-state index in [2.05, 4.69) is 20.6 Å².